The van der Waals surface area contributed by atoms with Crippen molar-refractivity contribution in [3.63, 3.8) is 0 Å². The van der Waals surface area contributed by atoms with Crippen LogP contribution >= 0.6 is 0 Å². The summed E-state index contributed by atoms with van der Waals surface area (Å²) in [6.45, 7) is 14.1. The van der Waals surface area contributed by atoms with E-state index in [1.54, 1.807) is 14.6 Å². The molecule has 0 fully saturated rings. The fourth-order valence-electron chi connectivity index (χ4n) is 1.62. The van der Waals surface area contributed by atoms with Crippen LogP contribution in [-0.4, -0.2) is 25.8 Å². The van der Waals surface area contributed by atoms with Crippen molar-refractivity contribution < 1.29 is 9.39 Å². The highest BCUT2D eigenvalue weighted by molar-refractivity contribution is 6.28. The van der Waals surface area contributed by atoms with Gasteiger partial charge in [0.2, 0.25) is 0 Å². The SMILES string of the molecule is C=CC[B]OC(C)(C)C(C)(OC)C(C)C. The number of methoxy groups -OCH3 is 1. The maximum Gasteiger partial charge on any atom is 0.297 e. The van der Waals surface area contributed by atoms with Crippen molar-refractivity contribution in [2.24, 2.45) is 5.92 Å². The molecule has 0 aliphatic heterocycles. The van der Waals surface area contributed by atoms with Crippen LogP contribution in [0.1, 0.15) is 34.6 Å². The molecular weight excluding hydrogens is 187 g/mol. The van der Waals surface area contributed by atoms with E-state index in [0.717, 1.165) is 6.32 Å². The summed E-state index contributed by atoms with van der Waals surface area (Å²) >= 11 is 0. The molecule has 0 N–H and O–H groups in total. The average Bonchev–Trinajstić information content (AvgIpc) is 2.16. The van der Waals surface area contributed by atoms with Gasteiger partial charge in [-0.25, -0.2) is 0 Å². The Morgan fingerprint density at radius 2 is 1.87 bits per heavy atom. The van der Waals surface area contributed by atoms with Crippen molar-refractivity contribution in [3.8, 4) is 0 Å². The third-order valence-corrected chi connectivity index (χ3v) is 3.36. The summed E-state index contributed by atoms with van der Waals surface area (Å²) in [5.41, 5.74) is -0.649. The van der Waals surface area contributed by atoms with Crippen LogP contribution in [0.15, 0.2) is 12.7 Å². The van der Waals surface area contributed by atoms with E-state index in [9.17, 15) is 0 Å². The lowest BCUT2D eigenvalue weighted by atomic mass is 9.76. The lowest BCUT2D eigenvalue weighted by molar-refractivity contribution is -0.152. The van der Waals surface area contributed by atoms with Gasteiger partial charge in [0.1, 0.15) is 0 Å². The molecule has 15 heavy (non-hydrogen) atoms. The predicted octanol–water partition coefficient (Wildman–Crippen LogP) is 3.07. The molecule has 2 nitrogen and oxygen atoms in total. The monoisotopic (exact) mass is 211 g/mol. The summed E-state index contributed by atoms with van der Waals surface area (Å²) in [5.74, 6) is 0.384. The van der Waals surface area contributed by atoms with Crippen molar-refractivity contribution in [2.75, 3.05) is 7.11 Å². The molecule has 1 atom stereocenters. The molecule has 0 aromatic rings. The largest absolute Gasteiger partial charge is 0.433 e. The highest BCUT2D eigenvalue weighted by atomic mass is 16.5. The molecule has 0 heterocycles. The first-order valence-electron chi connectivity index (χ1n) is 5.47. The lowest BCUT2D eigenvalue weighted by Gasteiger charge is -2.46. The zero-order chi connectivity index (χ0) is 12.1. The van der Waals surface area contributed by atoms with Gasteiger partial charge < -0.3 is 9.39 Å². The topological polar surface area (TPSA) is 18.5 Å². The quantitative estimate of drug-likeness (QED) is 0.366. The van der Waals surface area contributed by atoms with Crippen molar-refractivity contribution in [2.45, 2.75) is 52.1 Å². The first-order valence-corrected chi connectivity index (χ1v) is 5.47. The molecule has 0 spiro atoms. The maximum atomic E-state index is 5.77. The first kappa shape index (κ1) is 14.7. The normalized spacial score (nSPS) is 16.2. The Bertz CT molecular complexity index is 202. The third-order valence-electron chi connectivity index (χ3n) is 3.36. The number of hydrogen-bond donors (Lipinski definition) is 0. The van der Waals surface area contributed by atoms with E-state index >= 15 is 0 Å². The zero-order valence-electron chi connectivity index (χ0n) is 11.0. The number of allylic oxidation sites excluding steroid dienone is 1. The van der Waals surface area contributed by atoms with Crippen molar-refractivity contribution in [3.05, 3.63) is 12.7 Å². The molecule has 3 heteroatoms. The summed E-state index contributed by atoms with van der Waals surface area (Å²) < 4.78 is 11.4. The molecule has 0 aliphatic carbocycles. The van der Waals surface area contributed by atoms with Crippen LogP contribution in [0, 0.1) is 5.92 Å². The minimum atomic E-state index is -0.348. The van der Waals surface area contributed by atoms with Gasteiger partial charge in [0, 0.05) is 7.11 Å². The van der Waals surface area contributed by atoms with E-state index in [1.165, 1.54) is 0 Å². The Morgan fingerprint density at radius 1 is 1.33 bits per heavy atom. The Balaban J connectivity index is 4.57. The summed E-state index contributed by atoms with van der Waals surface area (Å²) in [6, 6.07) is 0. The number of hydrogen-bond acceptors (Lipinski definition) is 2. The fourth-order valence-corrected chi connectivity index (χ4v) is 1.62. The number of ether oxygens (including phenoxy) is 1. The molecule has 1 unspecified atom stereocenters. The minimum Gasteiger partial charge on any atom is -0.433 e. The van der Waals surface area contributed by atoms with Gasteiger partial charge in [-0.1, -0.05) is 19.9 Å². The predicted molar refractivity (Wildman–Crippen MR) is 66.2 cm³/mol. The third kappa shape index (κ3) is 3.35. The second-order valence-electron chi connectivity index (χ2n) is 4.79. The molecule has 0 rings (SSSR count). The minimum absolute atomic E-state index is 0.301. The van der Waals surface area contributed by atoms with E-state index in [2.05, 4.69) is 41.2 Å². The molecule has 0 aromatic heterocycles. The van der Waals surface area contributed by atoms with Crippen LogP contribution in [0.4, 0.5) is 0 Å². The van der Waals surface area contributed by atoms with Gasteiger partial charge in [-0.3, -0.25) is 0 Å². The molecule has 0 saturated heterocycles. The van der Waals surface area contributed by atoms with Gasteiger partial charge in [-0.05, 0) is 33.0 Å². The second-order valence-corrected chi connectivity index (χ2v) is 4.79. The van der Waals surface area contributed by atoms with E-state index in [4.69, 9.17) is 9.39 Å². The molecule has 0 saturated carbocycles. The standard InChI is InChI=1S/C12H24BO2/c1-8-9-13-15-11(4,5)12(6,14-7)10(2)3/h8,10H,1,9H2,2-7H3. The summed E-state index contributed by atoms with van der Waals surface area (Å²) in [6.07, 6.45) is 2.57. The van der Waals surface area contributed by atoms with Gasteiger partial charge in [0.25, 0.3) is 7.48 Å². The van der Waals surface area contributed by atoms with Gasteiger partial charge in [-0.2, -0.15) is 0 Å². The Labute approximate surface area is 95.3 Å². The van der Waals surface area contributed by atoms with E-state index in [-0.39, 0.29) is 11.2 Å². The van der Waals surface area contributed by atoms with E-state index < -0.39 is 0 Å². The number of rotatable bonds is 7. The molecule has 0 aliphatic rings. The van der Waals surface area contributed by atoms with Crippen LogP contribution in [0.2, 0.25) is 6.32 Å². The highest BCUT2D eigenvalue weighted by Crippen LogP contribution is 2.35. The van der Waals surface area contributed by atoms with Gasteiger partial charge in [0.05, 0.1) is 11.2 Å². The molecule has 0 amide bonds. The Morgan fingerprint density at radius 3 is 2.20 bits per heavy atom. The molecule has 87 valence electrons. The highest BCUT2D eigenvalue weighted by Gasteiger charge is 2.44. The Kier molecular flexibility index (Phi) is 5.61. The van der Waals surface area contributed by atoms with E-state index in [0.29, 0.717) is 5.92 Å². The summed E-state index contributed by atoms with van der Waals surface area (Å²) in [4.78, 5) is 0. The van der Waals surface area contributed by atoms with Crippen LogP contribution in [-0.2, 0) is 9.39 Å². The fraction of sp³-hybridized carbons (Fsp3) is 0.833. The molecular formula is C12H24BO2. The maximum absolute atomic E-state index is 5.77. The average molecular weight is 211 g/mol. The molecule has 1 radical (unpaired) electrons. The second kappa shape index (κ2) is 5.71. The van der Waals surface area contributed by atoms with Crippen LogP contribution < -0.4 is 0 Å². The van der Waals surface area contributed by atoms with Crippen LogP contribution in [0.3, 0.4) is 0 Å². The van der Waals surface area contributed by atoms with Gasteiger partial charge in [-0.15, -0.1) is 6.58 Å². The zero-order valence-corrected chi connectivity index (χ0v) is 11.0. The van der Waals surface area contributed by atoms with Crippen molar-refractivity contribution >= 4 is 7.48 Å². The first-order chi connectivity index (χ1) is 6.81. The van der Waals surface area contributed by atoms with Crippen molar-refractivity contribution in [1.82, 2.24) is 0 Å². The van der Waals surface area contributed by atoms with Gasteiger partial charge >= 0.3 is 0 Å². The van der Waals surface area contributed by atoms with E-state index in [1.807, 2.05) is 6.08 Å². The smallest absolute Gasteiger partial charge is 0.297 e. The lowest BCUT2D eigenvalue weighted by Crippen LogP contribution is -2.55. The van der Waals surface area contributed by atoms with Crippen LogP contribution in [0.5, 0.6) is 0 Å². The summed E-state index contributed by atoms with van der Waals surface area (Å²) in [7, 11) is 3.52. The molecule has 0 bridgehead atoms. The van der Waals surface area contributed by atoms with Crippen molar-refractivity contribution in [1.29, 1.82) is 0 Å². The Hall–Kier alpha value is -0.275. The molecule has 0 aromatic carbocycles. The summed E-state index contributed by atoms with van der Waals surface area (Å²) in [5, 5.41) is 0. The van der Waals surface area contributed by atoms with Crippen LogP contribution in [0.25, 0.3) is 0 Å². The van der Waals surface area contributed by atoms with Gasteiger partial charge in [0.15, 0.2) is 0 Å².